The van der Waals surface area contributed by atoms with Crippen molar-refractivity contribution in [2.45, 2.75) is 13.5 Å². The van der Waals surface area contributed by atoms with Gasteiger partial charge in [-0.15, -0.1) is 11.3 Å². The Kier molecular flexibility index (Phi) is 7.67. The van der Waals surface area contributed by atoms with Crippen LogP contribution in [0.3, 0.4) is 0 Å². The number of rotatable bonds is 10. The van der Waals surface area contributed by atoms with Crippen LogP contribution in [0.1, 0.15) is 22.8 Å². The van der Waals surface area contributed by atoms with E-state index < -0.39 is 18.4 Å². The van der Waals surface area contributed by atoms with Crippen molar-refractivity contribution in [3.05, 3.63) is 59.0 Å². The number of carbonyl (C=O) groups excluding carboxylic acids is 1. The van der Waals surface area contributed by atoms with Crippen LogP contribution >= 0.6 is 11.3 Å². The number of carbonyl (C=O) groups is 2. The number of nitrogens with zero attached hydrogens (tertiary/aromatic N) is 2. The van der Waals surface area contributed by atoms with Crippen LogP contribution in [-0.4, -0.2) is 49.3 Å². The summed E-state index contributed by atoms with van der Waals surface area (Å²) in [5, 5.41) is 13.9. The topological polar surface area (TPSA) is 101 Å². The highest BCUT2D eigenvalue weighted by molar-refractivity contribution is 7.14. The molecule has 0 aliphatic heterocycles. The number of thiazole rings is 1. The molecule has 1 heterocycles. The second kappa shape index (κ2) is 10.6. The lowest BCUT2D eigenvalue weighted by atomic mass is 10.1. The first-order valence-corrected chi connectivity index (χ1v) is 10.8. The van der Waals surface area contributed by atoms with E-state index in [1.165, 1.54) is 0 Å². The van der Waals surface area contributed by atoms with Crippen molar-refractivity contribution in [1.82, 2.24) is 10.3 Å². The van der Waals surface area contributed by atoms with Crippen LogP contribution in [0.5, 0.6) is 11.5 Å². The Morgan fingerprint density at radius 2 is 1.88 bits per heavy atom. The molecule has 0 aliphatic rings. The van der Waals surface area contributed by atoms with E-state index >= 15 is 0 Å². The Morgan fingerprint density at radius 1 is 1.12 bits per heavy atom. The maximum absolute atomic E-state index is 12.0. The summed E-state index contributed by atoms with van der Waals surface area (Å²) in [6.45, 7) is 3.02. The number of carboxylic acids is 1. The summed E-state index contributed by atoms with van der Waals surface area (Å²) in [4.78, 5) is 29.5. The molecule has 0 atom stereocenters. The van der Waals surface area contributed by atoms with Crippen molar-refractivity contribution in [1.29, 1.82) is 0 Å². The number of hydrogen-bond donors (Lipinski definition) is 2. The lowest BCUT2D eigenvalue weighted by Gasteiger charge is -2.20. The van der Waals surface area contributed by atoms with E-state index in [1.54, 1.807) is 37.7 Å². The van der Waals surface area contributed by atoms with Crippen molar-refractivity contribution >= 4 is 28.3 Å². The van der Waals surface area contributed by atoms with Crippen LogP contribution < -0.4 is 19.7 Å². The summed E-state index contributed by atoms with van der Waals surface area (Å²) in [6.07, 6.45) is 0. The van der Waals surface area contributed by atoms with Gasteiger partial charge in [-0.25, -0.2) is 4.98 Å². The van der Waals surface area contributed by atoms with Gasteiger partial charge in [-0.05, 0) is 42.8 Å². The van der Waals surface area contributed by atoms with Crippen molar-refractivity contribution in [3.8, 4) is 22.8 Å². The summed E-state index contributed by atoms with van der Waals surface area (Å²) < 4.78 is 10.8. The summed E-state index contributed by atoms with van der Waals surface area (Å²) in [5.74, 6) is -0.0383. The first kappa shape index (κ1) is 23.1. The van der Waals surface area contributed by atoms with E-state index in [9.17, 15) is 9.59 Å². The number of nitrogens with one attached hydrogen (secondary N) is 1. The maximum Gasteiger partial charge on any atom is 0.322 e. The number of aliphatic carboxylic acids is 1. The monoisotopic (exact) mass is 455 g/mol. The Bertz CT molecular complexity index is 1080. The Hall–Kier alpha value is -3.59. The zero-order valence-corrected chi connectivity index (χ0v) is 18.9. The second-order valence-corrected chi connectivity index (χ2v) is 7.71. The zero-order chi connectivity index (χ0) is 23.1. The van der Waals surface area contributed by atoms with Gasteiger partial charge in [0.25, 0.3) is 5.91 Å². The van der Waals surface area contributed by atoms with E-state index in [0.29, 0.717) is 12.1 Å². The molecule has 0 aliphatic carbocycles. The van der Waals surface area contributed by atoms with E-state index in [2.05, 4.69) is 17.1 Å². The van der Waals surface area contributed by atoms with Gasteiger partial charge in [-0.1, -0.05) is 12.1 Å². The molecule has 8 nitrogen and oxygen atoms in total. The summed E-state index contributed by atoms with van der Waals surface area (Å²) in [7, 11) is 3.25. The molecule has 9 heteroatoms. The molecular formula is C23H25N3O5S. The maximum atomic E-state index is 12.0. The van der Waals surface area contributed by atoms with Crippen molar-refractivity contribution in [2.75, 3.05) is 32.2 Å². The van der Waals surface area contributed by atoms with Crippen LogP contribution in [0.2, 0.25) is 0 Å². The molecule has 168 valence electrons. The van der Waals surface area contributed by atoms with Crippen LogP contribution in [0, 0.1) is 0 Å². The second-order valence-electron chi connectivity index (χ2n) is 6.87. The van der Waals surface area contributed by atoms with Gasteiger partial charge < -0.3 is 24.8 Å². The number of methoxy groups -OCH3 is 2. The van der Waals surface area contributed by atoms with Gasteiger partial charge in [0.1, 0.15) is 18.0 Å². The molecule has 2 N–H and O–H groups in total. The van der Waals surface area contributed by atoms with Crippen molar-refractivity contribution in [3.63, 3.8) is 0 Å². The molecule has 0 saturated carbocycles. The number of anilines is 1. The summed E-state index contributed by atoms with van der Waals surface area (Å²) in [5.41, 5.74) is 3.10. The lowest BCUT2D eigenvalue weighted by Crippen LogP contribution is -2.29. The smallest absolute Gasteiger partial charge is 0.322 e. The molecule has 0 radical (unpaired) electrons. The average molecular weight is 456 g/mol. The third-order valence-corrected chi connectivity index (χ3v) is 5.72. The van der Waals surface area contributed by atoms with Gasteiger partial charge in [-0.3, -0.25) is 9.59 Å². The highest BCUT2D eigenvalue weighted by Crippen LogP contribution is 2.36. The SMILES string of the molecule is CCN(Cc1ccc(C(=O)NCC(=O)O)cc1)c1nc(-c2cc(OC)ccc2OC)cs1. The molecule has 0 fully saturated rings. The number of amides is 1. The number of aromatic nitrogens is 1. The van der Waals surface area contributed by atoms with Gasteiger partial charge in [0.2, 0.25) is 0 Å². The zero-order valence-electron chi connectivity index (χ0n) is 18.1. The first-order valence-electron chi connectivity index (χ1n) is 9.97. The van der Waals surface area contributed by atoms with E-state index in [0.717, 1.165) is 40.0 Å². The largest absolute Gasteiger partial charge is 0.497 e. The fourth-order valence-corrected chi connectivity index (χ4v) is 3.99. The van der Waals surface area contributed by atoms with Gasteiger partial charge in [0.15, 0.2) is 5.13 Å². The number of ether oxygens (including phenoxy) is 2. The van der Waals surface area contributed by atoms with E-state index in [-0.39, 0.29) is 0 Å². The molecule has 3 aromatic rings. The minimum Gasteiger partial charge on any atom is -0.497 e. The third kappa shape index (κ3) is 5.55. The fraction of sp³-hybridized carbons (Fsp3) is 0.261. The highest BCUT2D eigenvalue weighted by Gasteiger charge is 2.15. The Labute approximate surface area is 190 Å². The van der Waals surface area contributed by atoms with E-state index in [1.807, 2.05) is 35.7 Å². The van der Waals surface area contributed by atoms with Crippen LogP contribution in [0.25, 0.3) is 11.3 Å². The van der Waals surface area contributed by atoms with Gasteiger partial charge in [-0.2, -0.15) is 0 Å². The van der Waals surface area contributed by atoms with Crippen molar-refractivity contribution < 1.29 is 24.2 Å². The number of carboxylic acid groups (broad SMARTS) is 1. The van der Waals surface area contributed by atoms with Crippen LogP contribution in [0.15, 0.2) is 47.8 Å². The molecule has 3 rings (SSSR count). The molecule has 1 amide bonds. The fourth-order valence-electron chi connectivity index (χ4n) is 3.10. The summed E-state index contributed by atoms with van der Waals surface area (Å²) in [6, 6.07) is 12.7. The van der Waals surface area contributed by atoms with Gasteiger partial charge >= 0.3 is 5.97 Å². The van der Waals surface area contributed by atoms with Crippen LogP contribution in [0.4, 0.5) is 5.13 Å². The molecule has 32 heavy (non-hydrogen) atoms. The number of hydrogen-bond acceptors (Lipinski definition) is 7. The van der Waals surface area contributed by atoms with Gasteiger partial charge in [0, 0.05) is 29.6 Å². The first-order chi connectivity index (χ1) is 15.4. The predicted molar refractivity (Wildman–Crippen MR) is 124 cm³/mol. The molecule has 0 bridgehead atoms. The number of benzene rings is 2. The predicted octanol–water partition coefficient (Wildman–Crippen LogP) is 3.67. The molecule has 0 unspecified atom stereocenters. The normalized spacial score (nSPS) is 10.5. The van der Waals surface area contributed by atoms with E-state index in [4.69, 9.17) is 19.6 Å². The quantitative estimate of drug-likeness (QED) is 0.481. The minimum absolute atomic E-state index is 0.408. The lowest BCUT2D eigenvalue weighted by molar-refractivity contribution is -0.135. The van der Waals surface area contributed by atoms with Gasteiger partial charge in [0.05, 0.1) is 19.9 Å². The third-order valence-electron chi connectivity index (χ3n) is 4.82. The molecular weight excluding hydrogens is 430 g/mol. The molecule has 1 aromatic heterocycles. The Morgan fingerprint density at radius 3 is 2.50 bits per heavy atom. The minimum atomic E-state index is -1.08. The van der Waals surface area contributed by atoms with Crippen molar-refractivity contribution in [2.24, 2.45) is 0 Å². The highest BCUT2D eigenvalue weighted by atomic mass is 32.1. The van der Waals surface area contributed by atoms with Crippen LogP contribution in [-0.2, 0) is 11.3 Å². The molecule has 2 aromatic carbocycles. The Balaban J connectivity index is 1.74. The standard InChI is InChI=1S/C23H25N3O5S/c1-4-26(13-15-5-7-16(8-6-15)22(29)24-12-21(27)28)23-25-19(14-32-23)18-11-17(30-2)9-10-20(18)31-3/h5-11,14H,4,12-13H2,1-3H3,(H,24,29)(H,27,28). The average Bonchev–Trinajstić information content (AvgIpc) is 3.30. The summed E-state index contributed by atoms with van der Waals surface area (Å²) >= 11 is 1.55. The molecule has 0 spiro atoms. The molecule has 0 saturated heterocycles.